The lowest BCUT2D eigenvalue weighted by molar-refractivity contribution is -0.117. The van der Waals surface area contributed by atoms with Crippen molar-refractivity contribution in [2.75, 3.05) is 5.32 Å². The van der Waals surface area contributed by atoms with Crippen molar-refractivity contribution in [3.05, 3.63) is 23.9 Å². The molecule has 0 unspecified atom stereocenters. The molecule has 0 atom stereocenters. The van der Waals surface area contributed by atoms with Gasteiger partial charge in [0.05, 0.1) is 0 Å². The Hall–Kier alpha value is -1.38. The van der Waals surface area contributed by atoms with E-state index in [4.69, 9.17) is 0 Å². The van der Waals surface area contributed by atoms with E-state index in [-0.39, 0.29) is 11.3 Å². The Morgan fingerprint density at radius 3 is 2.53 bits per heavy atom. The van der Waals surface area contributed by atoms with Crippen molar-refractivity contribution >= 4 is 11.7 Å². The zero-order valence-corrected chi connectivity index (χ0v) is 9.79. The molecule has 0 radical (unpaired) electrons. The molecule has 1 aromatic rings. The summed E-state index contributed by atoms with van der Waals surface area (Å²) in [6.45, 7) is 8.08. The standard InChI is InChI=1S/C12H18N2O/c1-9-5-6-10(13-8-9)14-11(15)7-12(2,3)4/h5-6,8H,7H2,1-4H3,(H,13,14,15). The first-order valence-electron chi connectivity index (χ1n) is 5.09. The lowest BCUT2D eigenvalue weighted by Crippen LogP contribution is -2.20. The average molecular weight is 206 g/mol. The van der Waals surface area contributed by atoms with E-state index in [2.05, 4.69) is 10.3 Å². The van der Waals surface area contributed by atoms with Crippen molar-refractivity contribution in [2.45, 2.75) is 34.1 Å². The summed E-state index contributed by atoms with van der Waals surface area (Å²) in [5.41, 5.74) is 1.10. The van der Waals surface area contributed by atoms with Crippen LogP contribution in [0.1, 0.15) is 32.8 Å². The zero-order valence-electron chi connectivity index (χ0n) is 9.79. The highest BCUT2D eigenvalue weighted by Gasteiger charge is 2.15. The fourth-order valence-corrected chi connectivity index (χ4v) is 1.21. The fraction of sp³-hybridized carbons (Fsp3) is 0.500. The maximum absolute atomic E-state index is 11.6. The third-order valence-electron chi connectivity index (χ3n) is 1.87. The Kier molecular flexibility index (Phi) is 3.45. The molecule has 0 aliphatic heterocycles. The largest absolute Gasteiger partial charge is 0.311 e. The molecule has 1 aromatic heterocycles. The number of hydrogen-bond acceptors (Lipinski definition) is 2. The van der Waals surface area contributed by atoms with E-state index in [0.717, 1.165) is 5.56 Å². The number of anilines is 1. The highest BCUT2D eigenvalue weighted by molar-refractivity contribution is 5.90. The van der Waals surface area contributed by atoms with Crippen molar-refractivity contribution in [3.8, 4) is 0 Å². The molecule has 0 saturated heterocycles. The molecule has 0 bridgehead atoms. The summed E-state index contributed by atoms with van der Waals surface area (Å²) in [6, 6.07) is 3.75. The summed E-state index contributed by atoms with van der Waals surface area (Å²) in [5.74, 6) is 0.633. The van der Waals surface area contributed by atoms with Crippen molar-refractivity contribution in [2.24, 2.45) is 5.41 Å². The first kappa shape index (κ1) is 11.7. The fourth-order valence-electron chi connectivity index (χ4n) is 1.21. The number of amides is 1. The summed E-state index contributed by atoms with van der Waals surface area (Å²) in [6.07, 6.45) is 2.25. The molecular formula is C12H18N2O. The van der Waals surface area contributed by atoms with E-state index in [1.165, 1.54) is 0 Å². The monoisotopic (exact) mass is 206 g/mol. The lowest BCUT2D eigenvalue weighted by Gasteiger charge is -2.16. The van der Waals surface area contributed by atoms with Gasteiger partial charge in [0.15, 0.2) is 0 Å². The Bertz CT molecular complexity index is 336. The maximum atomic E-state index is 11.6. The summed E-state index contributed by atoms with van der Waals surface area (Å²) >= 11 is 0. The van der Waals surface area contributed by atoms with Crippen molar-refractivity contribution in [1.29, 1.82) is 0 Å². The number of pyridine rings is 1. The van der Waals surface area contributed by atoms with Gasteiger partial charge < -0.3 is 5.32 Å². The molecule has 0 aliphatic carbocycles. The number of carbonyl (C=O) groups excluding carboxylic acids is 1. The van der Waals surface area contributed by atoms with Crippen LogP contribution in [-0.4, -0.2) is 10.9 Å². The van der Waals surface area contributed by atoms with Crippen LogP contribution in [0.15, 0.2) is 18.3 Å². The molecule has 0 fully saturated rings. The average Bonchev–Trinajstić information content (AvgIpc) is 2.05. The van der Waals surface area contributed by atoms with E-state index >= 15 is 0 Å². The molecule has 1 rings (SSSR count). The molecule has 0 aromatic carbocycles. The molecule has 1 heterocycles. The van der Waals surface area contributed by atoms with E-state index < -0.39 is 0 Å². The van der Waals surface area contributed by atoms with Crippen molar-refractivity contribution < 1.29 is 4.79 Å². The van der Waals surface area contributed by atoms with E-state index in [9.17, 15) is 4.79 Å². The number of rotatable bonds is 2. The molecule has 0 spiro atoms. The number of nitrogens with zero attached hydrogens (tertiary/aromatic N) is 1. The van der Waals surface area contributed by atoms with Crippen molar-refractivity contribution in [3.63, 3.8) is 0 Å². The van der Waals surface area contributed by atoms with Gasteiger partial charge >= 0.3 is 0 Å². The van der Waals surface area contributed by atoms with Crippen LogP contribution in [0.4, 0.5) is 5.82 Å². The highest BCUT2D eigenvalue weighted by atomic mass is 16.1. The van der Waals surface area contributed by atoms with Crippen LogP contribution < -0.4 is 5.32 Å². The Morgan fingerprint density at radius 2 is 2.07 bits per heavy atom. The molecule has 0 saturated carbocycles. The smallest absolute Gasteiger partial charge is 0.226 e. The van der Waals surface area contributed by atoms with Crippen LogP contribution in [0.25, 0.3) is 0 Å². The second-order valence-electron chi connectivity index (χ2n) is 5.01. The van der Waals surface area contributed by atoms with E-state index in [1.807, 2.05) is 39.8 Å². The second kappa shape index (κ2) is 4.43. The molecule has 3 nitrogen and oxygen atoms in total. The summed E-state index contributed by atoms with van der Waals surface area (Å²) in [4.78, 5) is 15.7. The molecule has 3 heteroatoms. The molecular weight excluding hydrogens is 188 g/mol. The summed E-state index contributed by atoms with van der Waals surface area (Å²) in [5, 5.41) is 2.78. The van der Waals surface area contributed by atoms with Gasteiger partial charge in [0.2, 0.25) is 5.91 Å². The topological polar surface area (TPSA) is 42.0 Å². The third kappa shape index (κ3) is 4.58. The third-order valence-corrected chi connectivity index (χ3v) is 1.87. The zero-order chi connectivity index (χ0) is 11.5. The quantitative estimate of drug-likeness (QED) is 0.808. The highest BCUT2D eigenvalue weighted by Crippen LogP contribution is 2.19. The van der Waals surface area contributed by atoms with E-state index in [0.29, 0.717) is 12.2 Å². The normalized spacial score (nSPS) is 11.2. The molecule has 1 amide bonds. The maximum Gasteiger partial charge on any atom is 0.226 e. The number of nitrogens with one attached hydrogen (secondary N) is 1. The van der Waals surface area contributed by atoms with Gasteiger partial charge in [0.1, 0.15) is 5.82 Å². The predicted molar refractivity (Wildman–Crippen MR) is 61.7 cm³/mol. The minimum atomic E-state index is 0.00871. The van der Waals surface area contributed by atoms with Gasteiger partial charge in [-0.25, -0.2) is 4.98 Å². The Morgan fingerprint density at radius 1 is 1.40 bits per heavy atom. The molecule has 1 N–H and O–H groups in total. The van der Waals surface area contributed by atoms with Crippen LogP contribution >= 0.6 is 0 Å². The second-order valence-corrected chi connectivity index (χ2v) is 5.01. The van der Waals surface area contributed by atoms with Gasteiger partial charge in [-0.05, 0) is 24.0 Å². The van der Waals surface area contributed by atoms with Crippen LogP contribution in [0, 0.1) is 12.3 Å². The number of aryl methyl sites for hydroxylation is 1. The number of carbonyl (C=O) groups is 1. The minimum Gasteiger partial charge on any atom is -0.311 e. The van der Waals surface area contributed by atoms with Gasteiger partial charge in [-0.2, -0.15) is 0 Å². The van der Waals surface area contributed by atoms with Crippen LogP contribution in [-0.2, 0) is 4.79 Å². The van der Waals surface area contributed by atoms with Gasteiger partial charge in [-0.15, -0.1) is 0 Å². The molecule has 15 heavy (non-hydrogen) atoms. The van der Waals surface area contributed by atoms with Crippen LogP contribution in [0.2, 0.25) is 0 Å². The van der Waals surface area contributed by atoms with Gasteiger partial charge in [0, 0.05) is 12.6 Å². The Labute approximate surface area is 90.9 Å². The molecule has 82 valence electrons. The predicted octanol–water partition coefficient (Wildman–Crippen LogP) is 2.76. The van der Waals surface area contributed by atoms with Gasteiger partial charge in [0.25, 0.3) is 0 Å². The van der Waals surface area contributed by atoms with E-state index in [1.54, 1.807) is 6.20 Å². The molecule has 0 aliphatic rings. The number of hydrogen-bond donors (Lipinski definition) is 1. The lowest BCUT2D eigenvalue weighted by atomic mass is 9.92. The summed E-state index contributed by atoms with van der Waals surface area (Å²) in [7, 11) is 0. The summed E-state index contributed by atoms with van der Waals surface area (Å²) < 4.78 is 0. The minimum absolute atomic E-state index is 0.00871. The first-order valence-corrected chi connectivity index (χ1v) is 5.09. The van der Waals surface area contributed by atoms with Crippen LogP contribution in [0.5, 0.6) is 0 Å². The SMILES string of the molecule is Cc1ccc(NC(=O)CC(C)(C)C)nc1. The van der Waals surface area contributed by atoms with Gasteiger partial charge in [-0.1, -0.05) is 26.8 Å². The number of aromatic nitrogens is 1. The van der Waals surface area contributed by atoms with Crippen molar-refractivity contribution in [1.82, 2.24) is 4.98 Å². The first-order chi connectivity index (χ1) is 6.87. The van der Waals surface area contributed by atoms with Gasteiger partial charge in [-0.3, -0.25) is 4.79 Å². The van der Waals surface area contributed by atoms with Crippen LogP contribution in [0.3, 0.4) is 0 Å². The Balaban J connectivity index is 2.55.